The number of amides is 1. The van der Waals surface area contributed by atoms with Crippen LogP contribution in [-0.4, -0.2) is 54.0 Å². The highest BCUT2D eigenvalue weighted by atomic mass is 16.5. The number of aromatic nitrogens is 1. The second-order valence-corrected chi connectivity index (χ2v) is 7.41. The Morgan fingerprint density at radius 2 is 1.84 bits per heavy atom. The average molecular weight is 416 g/mol. The number of hydrogen-bond acceptors (Lipinski definition) is 6. The van der Waals surface area contributed by atoms with Crippen LogP contribution >= 0.6 is 0 Å². The van der Waals surface area contributed by atoms with Crippen molar-refractivity contribution < 1.29 is 13.9 Å². The summed E-state index contributed by atoms with van der Waals surface area (Å²) in [4.78, 5) is 21.1. The van der Waals surface area contributed by atoms with Gasteiger partial charge >= 0.3 is 0 Å². The summed E-state index contributed by atoms with van der Waals surface area (Å²) in [6.07, 6.45) is 1.75. The van der Waals surface area contributed by atoms with E-state index < -0.39 is 0 Å². The third-order valence-corrected chi connectivity index (χ3v) is 5.49. The van der Waals surface area contributed by atoms with E-state index in [1.807, 2.05) is 59.5 Å². The second-order valence-electron chi connectivity index (χ2n) is 7.41. The van der Waals surface area contributed by atoms with Crippen LogP contribution in [0.3, 0.4) is 0 Å². The van der Waals surface area contributed by atoms with E-state index >= 15 is 0 Å². The lowest BCUT2D eigenvalue weighted by Gasteiger charge is -2.37. The molecule has 1 fully saturated rings. The zero-order chi connectivity index (χ0) is 21.6. The molecule has 0 aliphatic carbocycles. The number of carbonyl (C=O) groups excluding carboxylic acids is 1. The molecule has 31 heavy (non-hydrogen) atoms. The number of methoxy groups -OCH3 is 1. The lowest BCUT2D eigenvalue weighted by atomic mass is 10.1. The van der Waals surface area contributed by atoms with Crippen LogP contribution in [0.5, 0.6) is 5.75 Å². The maximum atomic E-state index is 12.7. The highest BCUT2D eigenvalue weighted by Gasteiger charge is 2.27. The maximum Gasteiger partial charge on any atom is 0.228 e. The predicted molar refractivity (Wildman–Crippen MR) is 115 cm³/mol. The fourth-order valence-corrected chi connectivity index (χ4v) is 3.75. The number of ether oxygens (including phenoxy) is 1. The number of rotatable bonds is 6. The first-order valence-electron chi connectivity index (χ1n) is 10.2. The second kappa shape index (κ2) is 9.45. The van der Waals surface area contributed by atoms with Gasteiger partial charge in [-0.3, -0.25) is 9.69 Å². The summed E-state index contributed by atoms with van der Waals surface area (Å²) in [5, 5.41) is 9.70. The van der Waals surface area contributed by atoms with Gasteiger partial charge < -0.3 is 14.1 Å². The standard InChI is InChI=1S/C24H24N4O3/c1-30-21-9-7-18(8-10-21)22(16-25)27-11-13-28(14-12-27)23(29)15-20-17-31-24(26-20)19-5-3-2-4-6-19/h2-10,17,22H,11-15H2,1H3. The topological polar surface area (TPSA) is 82.6 Å². The van der Waals surface area contributed by atoms with Crippen molar-refractivity contribution in [1.82, 2.24) is 14.8 Å². The van der Waals surface area contributed by atoms with Crippen molar-refractivity contribution in [2.45, 2.75) is 12.5 Å². The van der Waals surface area contributed by atoms with Crippen molar-refractivity contribution in [1.29, 1.82) is 5.26 Å². The fraction of sp³-hybridized carbons (Fsp3) is 0.292. The predicted octanol–water partition coefficient (Wildman–Crippen LogP) is 3.30. The molecule has 0 saturated carbocycles. The first-order chi connectivity index (χ1) is 15.2. The highest BCUT2D eigenvalue weighted by Crippen LogP contribution is 2.24. The molecular weight excluding hydrogens is 392 g/mol. The van der Waals surface area contributed by atoms with E-state index in [9.17, 15) is 10.1 Å². The molecule has 0 bridgehead atoms. The summed E-state index contributed by atoms with van der Waals surface area (Å²) in [7, 11) is 1.62. The number of hydrogen-bond donors (Lipinski definition) is 0. The number of piperazine rings is 1. The number of nitriles is 1. The molecule has 1 aromatic heterocycles. The van der Waals surface area contributed by atoms with E-state index in [1.165, 1.54) is 0 Å². The van der Waals surface area contributed by atoms with Crippen LogP contribution in [-0.2, 0) is 11.2 Å². The molecule has 3 aromatic rings. The molecule has 158 valence electrons. The van der Waals surface area contributed by atoms with Gasteiger partial charge in [0.1, 0.15) is 18.1 Å². The van der Waals surface area contributed by atoms with Crippen LogP contribution in [0.2, 0.25) is 0 Å². The molecule has 2 aromatic carbocycles. The van der Waals surface area contributed by atoms with Crippen LogP contribution in [0.25, 0.3) is 11.5 Å². The quantitative estimate of drug-likeness (QED) is 0.613. The van der Waals surface area contributed by atoms with Crippen LogP contribution in [0.4, 0.5) is 0 Å². The van der Waals surface area contributed by atoms with Crippen molar-refractivity contribution in [3.8, 4) is 23.3 Å². The first kappa shape index (κ1) is 20.6. The van der Waals surface area contributed by atoms with Gasteiger partial charge in [-0.2, -0.15) is 5.26 Å². The van der Waals surface area contributed by atoms with Crippen molar-refractivity contribution in [3.63, 3.8) is 0 Å². The van der Waals surface area contributed by atoms with Gasteiger partial charge in [0.25, 0.3) is 0 Å². The summed E-state index contributed by atoms with van der Waals surface area (Å²) in [6.45, 7) is 2.45. The molecule has 4 rings (SSSR count). The first-order valence-corrected chi connectivity index (χ1v) is 10.2. The van der Waals surface area contributed by atoms with Gasteiger partial charge in [-0.05, 0) is 29.8 Å². The summed E-state index contributed by atoms with van der Waals surface area (Å²) < 4.78 is 10.7. The molecule has 1 amide bonds. The lowest BCUT2D eigenvalue weighted by Crippen LogP contribution is -2.49. The van der Waals surface area contributed by atoms with E-state index in [1.54, 1.807) is 13.4 Å². The van der Waals surface area contributed by atoms with Gasteiger partial charge in [-0.1, -0.05) is 30.3 Å². The van der Waals surface area contributed by atoms with Crippen molar-refractivity contribution in [3.05, 3.63) is 72.1 Å². The van der Waals surface area contributed by atoms with E-state index in [2.05, 4.69) is 16.0 Å². The van der Waals surface area contributed by atoms with Gasteiger partial charge in [0.05, 0.1) is 25.3 Å². The zero-order valence-corrected chi connectivity index (χ0v) is 17.4. The fourth-order valence-electron chi connectivity index (χ4n) is 3.75. The van der Waals surface area contributed by atoms with Gasteiger partial charge in [0.15, 0.2) is 0 Å². The van der Waals surface area contributed by atoms with Gasteiger partial charge in [-0.15, -0.1) is 0 Å². The Labute approximate surface area is 181 Å². The minimum Gasteiger partial charge on any atom is -0.497 e. The molecule has 7 nitrogen and oxygen atoms in total. The molecule has 1 aliphatic rings. The van der Waals surface area contributed by atoms with Crippen molar-refractivity contribution >= 4 is 5.91 Å². The maximum absolute atomic E-state index is 12.7. The summed E-state index contributed by atoms with van der Waals surface area (Å²) in [5.41, 5.74) is 2.44. The highest BCUT2D eigenvalue weighted by molar-refractivity contribution is 5.78. The molecule has 0 radical (unpaired) electrons. The van der Waals surface area contributed by atoms with Crippen LogP contribution in [0, 0.1) is 11.3 Å². The molecule has 1 atom stereocenters. The molecule has 2 heterocycles. The molecule has 1 saturated heterocycles. The number of carbonyl (C=O) groups is 1. The minimum absolute atomic E-state index is 0.0190. The van der Waals surface area contributed by atoms with E-state index in [0.717, 1.165) is 16.9 Å². The Morgan fingerprint density at radius 3 is 2.48 bits per heavy atom. The Kier molecular flexibility index (Phi) is 6.29. The van der Waals surface area contributed by atoms with Gasteiger partial charge in [0, 0.05) is 31.7 Å². The molecule has 7 heteroatoms. The Balaban J connectivity index is 1.33. The van der Waals surface area contributed by atoms with Crippen LogP contribution < -0.4 is 4.74 Å². The summed E-state index contributed by atoms with van der Waals surface area (Å²) in [5.74, 6) is 1.30. The summed E-state index contributed by atoms with van der Waals surface area (Å²) in [6, 6.07) is 19.2. The Bertz CT molecular complexity index is 1050. The van der Waals surface area contributed by atoms with Gasteiger partial charge in [-0.25, -0.2) is 4.98 Å². The largest absolute Gasteiger partial charge is 0.497 e. The SMILES string of the molecule is COc1ccc(C(C#N)N2CCN(C(=O)Cc3coc(-c4ccccc4)n3)CC2)cc1. The van der Waals surface area contributed by atoms with Crippen LogP contribution in [0.15, 0.2) is 65.3 Å². The molecular formula is C24H24N4O3. The van der Waals surface area contributed by atoms with E-state index in [4.69, 9.17) is 9.15 Å². The van der Waals surface area contributed by atoms with Crippen LogP contribution in [0.1, 0.15) is 17.3 Å². The zero-order valence-electron chi connectivity index (χ0n) is 17.4. The Hall–Kier alpha value is -3.63. The van der Waals surface area contributed by atoms with Crippen molar-refractivity contribution in [2.75, 3.05) is 33.3 Å². The molecule has 0 spiro atoms. The van der Waals surface area contributed by atoms with Crippen molar-refractivity contribution in [2.24, 2.45) is 0 Å². The summed E-state index contributed by atoms with van der Waals surface area (Å²) >= 11 is 0. The monoisotopic (exact) mass is 416 g/mol. The normalized spacial score (nSPS) is 15.3. The lowest BCUT2D eigenvalue weighted by molar-refractivity contribution is -0.132. The molecule has 0 N–H and O–H groups in total. The number of oxazole rings is 1. The number of benzene rings is 2. The molecule has 1 aliphatic heterocycles. The third kappa shape index (κ3) is 4.76. The third-order valence-electron chi connectivity index (χ3n) is 5.49. The Morgan fingerprint density at radius 1 is 1.13 bits per heavy atom. The smallest absolute Gasteiger partial charge is 0.228 e. The number of nitrogens with zero attached hydrogens (tertiary/aromatic N) is 4. The van der Waals surface area contributed by atoms with E-state index in [0.29, 0.717) is 37.8 Å². The van der Waals surface area contributed by atoms with E-state index in [-0.39, 0.29) is 18.4 Å². The van der Waals surface area contributed by atoms with Gasteiger partial charge in [0.2, 0.25) is 11.8 Å². The minimum atomic E-state index is -0.341. The average Bonchev–Trinajstić information content (AvgIpc) is 3.29. The molecule has 1 unspecified atom stereocenters.